The maximum Gasteiger partial charge on any atom is 0.338 e. The van der Waals surface area contributed by atoms with E-state index in [2.05, 4.69) is 22.5 Å². The summed E-state index contributed by atoms with van der Waals surface area (Å²) in [6, 6.07) is 9.29. The third-order valence-electron chi connectivity index (χ3n) is 3.15. The largest absolute Gasteiger partial charge is 0.490 e. The topological polar surface area (TPSA) is 44.8 Å². The second-order valence-electron chi connectivity index (χ2n) is 5.02. The van der Waals surface area contributed by atoms with E-state index in [4.69, 9.17) is 14.2 Å². The van der Waals surface area contributed by atoms with Crippen molar-refractivity contribution in [2.75, 3.05) is 13.2 Å². The minimum Gasteiger partial charge on any atom is -0.490 e. The molecule has 0 saturated heterocycles. The van der Waals surface area contributed by atoms with Gasteiger partial charge >= 0.3 is 5.97 Å². The van der Waals surface area contributed by atoms with E-state index in [-0.39, 0.29) is 19.0 Å². The molecule has 0 amide bonds. The van der Waals surface area contributed by atoms with Crippen molar-refractivity contribution in [2.24, 2.45) is 0 Å². The van der Waals surface area contributed by atoms with Gasteiger partial charge in [0, 0.05) is 0 Å². The van der Waals surface area contributed by atoms with Crippen LogP contribution in [0.15, 0.2) is 53.5 Å². The molecule has 0 radical (unpaired) electrons. The Kier molecular flexibility index (Phi) is 7.01. The van der Waals surface area contributed by atoms with Crippen LogP contribution in [-0.2, 0) is 11.3 Å². The van der Waals surface area contributed by atoms with Gasteiger partial charge in [0.05, 0.1) is 16.6 Å². The predicted molar refractivity (Wildman–Crippen MR) is 96.5 cm³/mol. The summed E-state index contributed by atoms with van der Waals surface area (Å²) in [5.41, 5.74) is 1.01. The van der Waals surface area contributed by atoms with E-state index in [1.807, 2.05) is 6.92 Å². The fourth-order valence-corrected chi connectivity index (χ4v) is 2.65. The van der Waals surface area contributed by atoms with Crippen LogP contribution in [-0.4, -0.2) is 19.2 Å². The molecule has 0 fully saturated rings. The molecule has 132 valence electrons. The van der Waals surface area contributed by atoms with Gasteiger partial charge in [-0.15, -0.1) is 0 Å². The van der Waals surface area contributed by atoms with Crippen LogP contribution in [0.1, 0.15) is 22.8 Å². The Bertz CT molecular complexity index is 761. The summed E-state index contributed by atoms with van der Waals surface area (Å²) in [5, 5.41) is 0. The SMILES string of the molecule is C=CCOC(=O)c1cc(Br)c(OCc2cccc(F)c2)c(OCC)c1. The van der Waals surface area contributed by atoms with Crippen molar-refractivity contribution < 1.29 is 23.4 Å². The number of benzene rings is 2. The minimum atomic E-state index is -0.488. The molecule has 4 nitrogen and oxygen atoms in total. The Morgan fingerprint density at radius 3 is 2.76 bits per heavy atom. The molecule has 0 N–H and O–H groups in total. The Labute approximate surface area is 154 Å². The molecule has 0 atom stereocenters. The molecular weight excluding hydrogens is 391 g/mol. The highest BCUT2D eigenvalue weighted by molar-refractivity contribution is 9.10. The third kappa shape index (κ3) is 5.32. The van der Waals surface area contributed by atoms with E-state index in [1.165, 1.54) is 18.2 Å². The van der Waals surface area contributed by atoms with E-state index in [9.17, 15) is 9.18 Å². The zero-order chi connectivity index (χ0) is 18.2. The molecule has 2 rings (SSSR count). The summed E-state index contributed by atoms with van der Waals surface area (Å²) in [7, 11) is 0. The molecule has 0 aliphatic carbocycles. The van der Waals surface area contributed by atoms with Gasteiger partial charge in [-0.3, -0.25) is 0 Å². The van der Waals surface area contributed by atoms with Gasteiger partial charge in [0.2, 0.25) is 0 Å². The molecule has 0 aromatic heterocycles. The maximum absolute atomic E-state index is 13.3. The molecule has 25 heavy (non-hydrogen) atoms. The van der Waals surface area contributed by atoms with Gasteiger partial charge in [0.15, 0.2) is 11.5 Å². The molecule has 0 heterocycles. The summed E-state index contributed by atoms with van der Waals surface area (Å²) in [4.78, 5) is 12.0. The predicted octanol–water partition coefficient (Wildman–Crippen LogP) is 4.91. The van der Waals surface area contributed by atoms with E-state index in [1.54, 1.807) is 24.3 Å². The van der Waals surface area contributed by atoms with Crippen molar-refractivity contribution in [1.29, 1.82) is 0 Å². The lowest BCUT2D eigenvalue weighted by atomic mass is 10.2. The highest BCUT2D eigenvalue weighted by atomic mass is 79.9. The third-order valence-corrected chi connectivity index (χ3v) is 3.74. The number of carbonyl (C=O) groups is 1. The lowest BCUT2D eigenvalue weighted by Crippen LogP contribution is -2.07. The molecule has 2 aromatic carbocycles. The normalized spacial score (nSPS) is 10.2. The zero-order valence-electron chi connectivity index (χ0n) is 13.8. The molecule has 6 heteroatoms. The summed E-state index contributed by atoms with van der Waals surface area (Å²) in [6.45, 7) is 6.02. The Hall–Kier alpha value is -2.34. The smallest absolute Gasteiger partial charge is 0.338 e. The molecular formula is C19H18BrFO4. The van der Waals surface area contributed by atoms with Crippen LogP contribution < -0.4 is 9.47 Å². The van der Waals surface area contributed by atoms with Gasteiger partial charge in [0.1, 0.15) is 19.0 Å². The maximum atomic E-state index is 13.3. The van der Waals surface area contributed by atoms with Crippen molar-refractivity contribution in [3.63, 3.8) is 0 Å². The van der Waals surface area contributed by atoms with Gasteiger partial charge in [-0.05, 0) is 52.7 Å². The molecule has 0 spiro atoms. The molecule has 2 aromatic rings. The Morgan fingerprint density at radius 1 is 1.28 bits per heavy atom. The van der Waals surface area contributed by atoms with Gasteiger partial charge in [0.25, 0.3) is 0 Å². The number of ether oxygens (including phenoxy) is 3. The summed E-state index contributed by atoms with van der Waals surface area (Å²) >= 11 is 3.39. The summed E-state index contributed by atoms with van der Waals surface area (Å²) in [6.07, 6.45) is 1.49. The molecule has 0 bridgehead atoms. The van der Waals surface area contributed by atoms with E-state index < -0.39 is 5.97 Å². The molecule has 0 saturated carbocycles. The van der Waals surface area contributed by atoms with E-state index in [0.29, 0.717) is 33.7 Å². The second kappa shape index (κ2) is 9.22. The lowest BCUT2D eigenvalue weighted by molar-refractivity contribution is 0.0549. The Morgan fingerprint density at radius 2 is 2.08 bits per heavy atom. The standard InChI is InChI=1S/C19H18BrFO4/c1-3-8-24-19(22)14-10-16(20)18(17(11-14)23-4-2)25-12-13-6-5-7-15(21)9-13/h3,5-7,9-11H,1,4,8,12H2,2H3. The van der Waals surface area contributed by atoms with Crippen LogP contribution in [0.25, 0.3) is 0 Å². The van der Waals surface area contributed by atoms with E-state index >= 15 is 0 Å². The fourth-order valence-electron chi connectivity index (χ4n) is 2.09. The van der Waals surface area contributed by atoms with Crippen molar-refractivity contribution in [3.05, 3.63) is 70.5 Å². The van der Waals surface area contributed by atoms with Crippen molar-refractivity contribution in [3.8, 4) is 11.5 Å². The van der Waals surface area contributed by atoms with Crippen molar-refractivity contribution in [2.45, 2.75) is 13.5 Å². The van der Waals surface area contributed by atoms with Crippen LogP contribution in [0, 0.1) is 5.82 Å². The first-order valence-corrected chi connectivity index (χ1v) is 8.46. The fraction of sp³-hybridized carbons (Fsp3) is 0.211. The van der Waals surface area contributed by atoms with Crippen LogP contribution >= 0.6 is 15.9 Å². The lowest BCUT2D eigenvalue weighted by Gasteiger charge is -2.15. The van der Waals surface area contributed by atoms with E-state index in [0.717, 1.165) is 0 Å². The quantitative estimate of drug-likeness (QED) is 0.459. The first kappa shape index (κ1) is 19.0. The number of hydrogen-bond donors (Lipinski definition) is 0. The van der Waals surface area contributed by atoms with Crippen LogP contribution in [0.2, 0.25) is 0 Å². The summed E-state index contributed by atoms with van der Waals surface area (Å²) < 4.78 is 30.2. The highest BCUT2D eigenvalue weighted by Crippen LogP contribution is 2.37. The molecule has 0 aliphatic rings. The first-order chi connectivity index (χ1) is 12.0. The summed E-state index contributed by atoms with van der Waals surface area (Å²) in [5.74, 6) is 0.0222. The minimum absolute atomic E-state index is 0.123. The van der Waals surface area contributed by atoms with Gasteiger partial charge in [-0.25, -0.2) is 9.18 Å². The van der Waals surface area contributed by atoms with Gasteiger partial charge < -0.3 is 14.2 Å². The highest BCUT2D eigenvalue weighted by Gasteiger charge is 2.17. The van der Waals surface area contributed by atoms with Crippen LogP contribution in [0.3, 0.4) is 0 Å². The van der Waals surface area contributed by atoms with Crippen LogP contribution in [0.5, 0.6) is 11.5 Å². The van der Waals surface area contributed by atoms with Gasteiger partial charge in [-0.1, -0.05) is 24.8 Å². The molecule has 0 aliphatic heterocycles. The van der Waals surface area contributed by atoms with Crippen LogP contribution in [0.4, 0.5) is 4.39 Å². The number of rotatable bonds is 8. The molecule has 0 unspecified atom stereocenters. The Balaban J connectivity index is 2.24. The average Bonchev–Trinajstić information content (AvgIpc) is 2.59. The number of esters is 1. The number of halogens is 2. The number of carbonyl (C=O) groups excluding carboxylic acids is 1. The number of hydrogen-bond acceptors (Lipinski definition) is 4. The average molecular weight is 409 g/mol. The van der Waals surface area contributed by atoms with Crippen molar-refractivity contribution in [1.82, 2.24) is 0 Å². The second-order valence-corrected chi connectivity index (χ2v) is 5.88. The monoisotopic (exact) mass is 408 g/mol. The first-order valence-electron chi connectivity index (χ1n) is 7.66. The van der Waals surface area contributed by atoms with Crippen molar-refractivity contribution >= 4 is 21.9 Å². The zero-order valence-corrected chi connectivity index (χ0v) is 15.3. The van der Waals surface area contributed by atoms with Gasteiger partial charge in [-0.2, -0.15) is 0 Å².